The molecule has 16 heavy (non-hydrogen) atoms. The topological polar surface area (TPSA) is 21.3 Å². The summed E-state index contributed by atoms with van der Waals surface area (Å²) in [5.74, 6) is 0. The fourth-order valence-electron chi connectivity index (χ4n) is 2.20. The molecule has 2 heteroatoms. The SMILES string of the molecule is CCCNC(C1=COCCC1)C(C)(C)CC. The van der Waals surface area contributed by atoms with Gasteiger partial charge < -0.3 is 10.1 Å². The molecule has 2 nitrogen and oxygen atoms in total. The van der Waals surface area contributed by atoms with Gasteiger partial charge in [0.1, 0.15) is 0 Å². The quantitative estimate of drug-likeness (QED) is 0.747. The highest BCUT2D eigenvalue weighted by Crippen LogP contribution is 2.32. The number of hydrogen-bond acceptors (Lipinski definition) is 2. The smallest absolute Gasteiger partial charge is 0.0876 e. The molecule has 0 saturated carbocycles. The Morgan fingerprint density at radius 3 is 2.69 bits per heavy atom. The molecule has 1 atom stereocenters. The largest absolute Gasteiger partial charge is 0.501 e. The van der Waals surface area contributed by atoms with Gasteiger partial charge in [-0.15, -0.1) is 0 Å². The Hall–Kier alpha value is -0.500. The van der Waals surface area contributed by atoms with Crippen molar-refractivity contribution in [1.82, 2.24) is 5.32 Å². The number of rotatable bonds is 6. The molecular weight excluding hydrogens is 198 g/mol. The van der Waals surface area contributed by atoms with Gasteiger partial charge in [-0.3, -0.25) is 0 Å². The van der Waals surface area contributed by atoms with Crippen LogP contribution in [0.3, 0.4) is 0 Å². The molecule has 0 aromatic heterocycles. The molecule has 1 N–H and O–H groups in total. The lowest BCUT2D eigenvalue weighted by molar-refractivity contribution is 0.195. The van der Waals surface area contributed by atoms with Crippen molar-refractivity contribution < 1.29 is 4.74 Å². The van der Waals surface area contributed by atoms with Crippen LogP contribution in [0.25, 0.3) is 0 Å². The Labute approximate surface area is 100 Å². The first kappa shape index (κ1) is 13.6. The van der Waals surface area contributed by atoms with Crippen molar-refractivity contribution in [3.05, 3.63) is 11.8 Å². The number of hydrogen-bond donors (Lipinski definition) is 1. The van der Waals surface area contributed by atoms with Gasteiger partial charge in [-0.1, -0.05) is 27.7 Å². The fourth-order valence-corrected chi connectivity index (χ4v) is 2.20. The second kappa shape index (κ2) is 6.29. The van der Waals surface area contributed by atoms with Crippen LogP contribution >= 0.6 is 0 Å². The third-order valence-electron chi connectivity index (χ3n) is 3.62. The number of ether oxygens (including phenoxy) is 1. The van der Waals surface area contributed by atoms with Crippen LogP contribution in [0.5, 0.6) is 0 Å². The van der Waals surface area contributed by atoms with Crippen LogP contribution < -0.4 is 5.32 Å². The van der Waals surface area contributed by atoms with E-state index in [9.17, 15) is 0 Å². The van der Waals surface area contributed by atoms with Crippen LogP contribution in [-0.2, 0) is 4.74 Å². The second-order valence-corrected chi connectivity index (χ2v) is 5.40. The lowest BCUT2D eigenvalue weighted by Crippen LogP contribution is -2.44. The molecule has 1 rings (SSSR count). The minimum Gasteiger partial charge on any atom is -0.501 e. The molecule has 0 bridgehead atoms. The van der Waals surface area contributed by atoms with Crippen molar-refractivity contribution in [2.24, 2.45) is 5.41 Å². The van der Waals surface area contributed by atoms with Gasteiger partial charge in [-0.25, -0.2) is 0 Å². The summed E-state index contributed by atoms with van der Waals surface area (Å²) in [6.45, 7) is 11.1. The standard InChI is InChI=1S/C14H27NO/c1-5-9-15-13(14(3,4)6-2)12-8-7-10-16-11-12/h11,13,15H,5-10H2,1-4H3. The lowest BCUT2D eigenvalue weighted by atomic mass is 9.77. The first-order valence-electron chi connectivity index (χ1n) is 6.65. The molecular formula is C14H27NO. The summed E-state index contributed by atoms with van der Waals surface area (Å²) in [7, 11) is 0. The molecule has 1 unspecified atom stereocenters. The molecule has 1 aliphatic rings. The Bertz CT molecular complexity index is 233. The minimum absolute atomic E-state index is 0.307. The monoisotopic (exact) mass is 225 g/mol. The van der Waals surface area contributed by atoms with Crippen LogP contribution in [-0.4, -0.2) is 19.2 Å². The summed E-state index contributed by atoms with van der Waals surface area (Å²) in [5, 5.41) is 3.68. The van der Waals surface area contributed by atoms with Crippen LogP contribution in [0.2, 0.25) is 0 Å². The van der Waals surface area contributed by atoms with Gasteiger partial charge in [-0.05, 0) is 43.2 Å². The molecule has 0 aromatic rings. The molecule has 1 aliphatic heterocycles. The molecule has 0 saturated heterocycles. The maximum Gasteiger partial charge on any atom is 0.0876 e. The van der Waals surface area contributed by atoms with Crippen molar-refractivity contribution in [2.75, 3.05) is 13.2 Å². The predicted octanol–water partition coefficient (Wildman–Crippen LogP) is 3.49. The minimum atomic E-state index is 0.307. The Morgan fingerprint density at radius 2 is 2.19 bits per heavy atom. The van der Waals surface area contributed by atoms with E-state index in [-0.39, 0.29) is 0 Å². The summed E-state index contributed by atoms with van der Waals surface area (Å²) >= 11 is 0. The average Bonchev–Trinajstić information content (AvgIpc) is 2.31. The van der Waals surface area contributed by atoms with Crippen molar-refractivity contribution >= 4 is 0 Å². The van der Waals surface area contributed by atoms with Crippen molar-refractivity contribution in [2.45, 2.75) is 59.4 Å². The lowest BCUT2D eigenvalue weighted by Gasteiger charge is -2.37. The molecule has 0 aliphatic carbocycles. The van der Waals surface area contributed by atoms with Crippen molar-refractivity contribution in [3.63, 3.8) is 0 Å². The third-order valence-corrected chi connectivity index (χ3v) is 3.62. The highest BCUT2D eigenvalue weighted by Gasteiger charge is 2.30. The van der Waals surface area contributed by atoms with E-state index in [4.69, 9.17) is 4.74 Å². The second-order valence-electron chi connectivity index (χ2n) is 5.40. The first-order chi connectivity index (χ1) is 7.61. The highest BCUT2D eigenvalue weighted by atomic mass is 16.5. The molecule has 0 spiro atoms. The normalized spacial score (nSPS) is 18.9. The van der Waals surface area contributed by atoms with E-state index in [0.717, 1.165) is 19.6 Å². The molecule has 0 fully saturated rings. The summed E-state index contributed by atoms with van der Waals surface area (Å²) < 4.78 is 5.48. The maximum atomic E-state index is 5.48. The van der Waals surface area contributed by atoms with Crippen LogP contribution in [0.15, 0.2) is 11.8 Å². The van der Waals surface area contributed by atoms with E-state index in [1.165, 1.54) is 24.8 Å². The average molecular weight is 225 g/mol. The van der Waals surface area contributed by atoms with Gasteiger partial charge >= 0.3 is 0 Å². The summed E-state index contributed by atoms with van der Waals surface area (Å²) in [6.07, 6.45) is 6.71. The Kier molecular flexibility index (Phi) is 5.33. The van der Waals surface area contributed by atoms with E-state index < -0.39 is 0 Å². The molecule has 94 valence electrons. The van der Waals surface area contributed by atoms with E-state index in [1.54, 1.807) is 0 Å². The van der Waals surface area contributed by atoms with E-state index >= 15 is 0 Å². The van der Waals surface area contributed by atoms with Gasteiger partial charge in [0.2, 0.25) is 0 Å². The molecule has 0 aromatic carbocycles. The van der Waals surface area contributed by atoms with Crippen LogP contribution in [0.4, 0.5) is 0 Å². The zero-order valence-corrected chi connectivity index (χ0v) is 11.3. The van der Waals surface area contributed by atoms with Gasteiger partial charge in [0.05, 0.1) is 12.9 Å². The number of nitrogens with one attached hydrogen (secondary N) is 1. The first-order valence-corrected chi connectivity index (χ1v) is 6.65. The van der Waals surface area contributed by atoms with Crippen LogP contribution in [0.1, 0.15) is 53.4 Å². The zero-order chi connectivity index (χ0) is 12.0. The van der Waals surface area contributed by atoms with E-state index in [1.807, 2.05) is 6.26 Å². The van der Waals surface area contributed by atoms with Gasteiger partial charge in [0.25, 0.3) is 0 Å². The Balaban J connectivity index is 2.73. The van der Waals surface area contributed by atoms with Crippen LogP contribution in [0, 0.1) is 5.41 Å². The van der Waals surface area contributed by atoms with Crippen molar-refractivity contribution in [3.8, 4) is 0 Å². The summed E-state index contributed by atoms with van der Waals surface area (Å²) in [4.78, 5) is 0. The van der Waals surface area contributed by atoms with Gasteiger partial charge in [0, 0.05) is 6.04 Å². The summed E-state index contributed by atoms with van der Waals surface area (Å²) in [6, 6.07) is 0.470. The van der Waals surface area contributed by atoms with E-state index in [0.29, 0.717) is 11.5 Å². The van der Waals surface area contributed by atoms with Gasteiger partial charge in [0.15, 0.2) is 0 Å². The Morgan fingerprint density at radius 1 is 1.44 bits per heavy atom. The molecule has 0 amide bonds. The van der Waals surface area contributed by atoms with Gasteiger partial charge in [-0.2, -0.15) is 0 Å². The predicted molar refractivity (Wildman–Crippen MR) is 69.4 cm³/mol. The summed E-state index contributed by atoms with van der Waals surface area (Å²) in [5.41, 5.74) is 1.76. The zero-order valence-electron chi connectivity index (χ0n) is 11.3. The molecule has 1 heterocycles. The fraction of sp³-hybridized carbons (Fsp3) is 0.857. The van der Waals surface area contributed by atoms with Crippen molar-refractivity contribution in [1.29, 1.82) is 0 Å². The molecule has 0 radical (unpaired) electrons. The maximum absolute atomic E-state index is 5.48. The highest BCUT2D eigenvalue weighted by molar-refractivity contribution is 5.14. The third kappa shape index (κ3) is 3.51. The van der Waals surface area contributed by atoms with E-state index in [2.05, 4.69) is 33.0 Å².